The van der Waals surface area contributed by atoms with Gasteiger partial charge in [-0.1, -0.05) is 0 Å². The van der Waals surface area contributed by atoms with Crippen LogP contribution in [-0.4, -0.2) is 48.4 Å². The van der Waals surface area contributed by atoms with Crippen LogP contribution in [-0.2, 0) is 15.7 Å². The summed E-state index contributed by atoms with van der Waals surface area (Å²) in [5.74, 6) is -0.0402. The molecule has 1 atom stereocenters. The minimum absolute atomic E-state index is 0.120. The van der Waals surface area contributed by atoms with Gasteiger partial charge in [-0.2, -0.15) is 13.2 Å². The van der Waals surface area contributed by atoms with E-state index in [-0.39, 0.29) is 22.9 Å². The van der Waals surface area contributed by atoms with Gasteiger partial charge in [-0.05, 0) is 37.5 Å². The molecule has 2 fully saturated rings. The Kier molecular flexibility index (Phi) is 4.85. The molecule has 4 heterocycles. The molecule has 2 aromatic rings. The van der Waals surface area contributed by atoms with Crippen LogP contribution < -0.4 is 0 Å². The molecule has 0 aliphatic carbocycles. The van der Waals surface area contributed by atoms with Gasteiger partial charge >= 0.3 is 6.18 Å². The average molecular weight is 400 g/mol. The first-order valence-corrected chi connectivity index (χ1v) is 9.66. The van der Waals surface area contributed by atoms with E-state index < -0.39 is 11.9 Å². The number of halogens is 3. The van der Waals surface area contributed by atoms with Crippen LogP contribution in [0.3, 0.4) is 0 Å². The van der Waals surface area contributed by atoms with Crippen molar-refractivity contribution in [1.29, 1.82) is 0 Å². The van der Waals surface area contributed by atoms with Crippen molar-refractivity contribution < 1.29 is 27.4 Å². The van der Waals surface area contributed by atoms with Crippen LogP contribution in [0, 0.1) is 12.8 Å². The zero-order valence-electron chi connectivity index (χ0n) is 14.7. The third-order valence-electron chi connectivity index (χ3n) is 5.07. The number of thiophene rings is 1. The topological polar surface area (TPSA) is 51.7 Å². The van der Waals surface area contributed by atoms with E-state index in [1.165, 1.54) is 6.07 Å². The Morgan fingerprint density at radius 2 is 2.04 bits per heavy atom. The average Bonchev–Trinajstić information content (AvgIpc) is 3.29. The van der Waals surface area contributed by atoms with Gasteiger partial charge in [0.15, 0.2) is 6.29 Å². The van der Waals surface area contributed by atoms with Crippen LogP contribution in [0.4, 0.5) is 13.2 Å². The van der Waals surface area contributed by atoms with E-state index in [4.69, 9.17) is 9.47 Å². The zero-order chi connectivity index (χ0) is 19.2. The van der Waals surface area contributed by atoms with E-state index >= 15 is 0 Å². The fourth-order valence-corrected chi connectivity index (χ4v) is 4.82. The number of rotatable bonds is 2. The maximum atomic E-state index is 13.0. The molecule has 2 aromatic heterocycles. The number of ether oxygens (including phenoxy) is 2. The van der Waals surface area contributed by atoms with Crippen LogP contribution in [0.5, 0.6) is 0 Å². The van der Waals surface area contributed by atoms with Crippen molar-refractivity contribution in [3.8, 4) is 0 Å². The Morgan fingerprint density at radius 3 is 2.74 bits per heavy atom. The van der Waals surface area contributed by atoms with Crippen molar-refractivity contribution in [1.82, 2.24) is 9.88 Å². The number of hydrogen-bond donors (Lipinski definition) is 0. The van der Waals surface area contributed by atoms with E-state index in [0.29, 0.717) is 42.1 Å². The number of hydrogen-bond acceptors (Lipinski definition) is 5. The monoisotopic (exact) mass is 400 g/mol. The summed E-state index contributed by atoms with van der Waals surface area (Å²) in [4.78, 5) is 19.2. The second-order valence-electron chi connectivity index (χ2n) is 6.87. The maximum Gasteiger partial charge on any atom is 0.433 e. The van der Waals surface area contributed by atoms with Crippen molar-refractivity contribution >= 4 is 27.5 Å². The first kappa shape index (κ1) is 18.6. The Balaban J connectivity index is 1.59. The minimum atomic E-state index is -4.50. The molecule has 2 aliphatic heterocycles. The molecule has 1 unspecified atom stereocenters. The summed E-state index contributed by atoms with van der Waals surface area (Å²) in [6, 6.07) is 2.36. The van der Waals surface area contributed by atoms with Crippen LogP contribution in [0.1, 0.15) is 33.8 Å². The lowest BCUT2D eigenvalue weighted by atomic mass is 9.97. The highest BCUT2D eigenvalue weighted by molar-refractivity contribution is 7.20. The summed E-state index contributed by atoms with van der Waals surface area (Å²) in [7, 11) is 0. The summed E-state index contributed by atoms with van der Waals surface area (Å²) >= 11 is 1.02. The highest BCUT2D eigenvalue weighted by Gasteiger charge is 2.35. The van der Waals surface area contributed by atoms with Gasteiger partial charge in [0, 0.05) is 24.4 Å². The first-order chi connectivity index (χ1) is 12.8. The number of carbonyl (C=O) groups excluding carboxylic acids is 1. The summed E-state index contributed by atoms with van der Waals surface area (Å²) in [6.45, 7) is 4.04. The SMILES string of the molecule is Cc1c(C(=O)N2CCCC(C3OCCO3)C2)sc2nc(C(F)(F)F)ccc12. The van der Waals surface area contributed by atoms with Crippen molar-refractivity contribution in [2.75, 3.05) is 26.3 Å². The van der Waals surface area contributed by atoms with Gasteiger partial charge in [0.2, 0.25) is 0 Å². The van der Waals surface area contributed by atoms with Crippen LogP contribution in [0.2, 0.25) is 0 Å². The lowest BCUT2D eigenvalue weighted by Gasteiger charge is -2.34. The molecule has 0 bridgehead atoms. The van der Waals surface area contributed by atoms with Crippen LogP contribution in [0.25, 0.3) is 10.2 Å². The van der Waals surface area contributed by atoms with E-state index in [9.17, 15) is 18.0 Å². The van der Waals surface area contributed by atoms with Gasteiger partial charge < -0.3 is 14.4 Å². The standard InChI is InChI=1S/C18H19F3N2O3S/c1-10-12-4-5-13(18(19,20)21)22-15(12)27-14(10)16(24)23-6-2-3-11(9-23)17-25-7-8-26-17/h4-5,11,17H,2-3,6-9H2,1H3. The molecule has 9 heteroatoms. The van der Waals surface area contributed by atoms with Crippen molar-refractivity contribution in [2.24, 2.45) is 5.92 Å². The molecule has 2 saturated heterocycles. The van der Waals surface area contributed by atoms with Crippen molar-refractivity contribution in [3.63, 3.8) is 0 Å². The van der Waals surface area contributed by atoms with Gasteiger partial charge in [0.25, 0.3) is 5.91 Å². The number of pyridine rings is 1. The summed E-state index contributed by atoms with van der Waals surface area (Å²) in [5.41, 5.74) is -0.263. The second-order valence-corrected chi connectivity index (χ2v) is 7.87. The van der Waals surface area contributed by atoms with E-state index in [0.717, 1.165) is 30.2 Å². The number of aryl methyl sites for hydroxylation is 1. The minimum Gasteiger partial charge on any atom is -0.350 e. The number of aromatic nitrogens is 1. The maximum absolute atomic E-state index is 13.0. The molecule has 1 amide bonds. The predicted octanol–water partition coefficient (Wildman–Crippen LogP) is 3.85. The number of carbonyl (C=O) groups is 1. The third kappa shape index (κ3) is 3.55. The van der Waals surface area contributed by atoms with Crippen molar-refractivity contribution in [2.45, 2.75) is 32.2 Å². The number of amides is 1. The van der Waals surface area contributed by atoms with Gasteiger partial charge in [0.1, 0.15) is 10.5 Å². The fourth-order valence-electron chi connectivity index (χ4n) is 3.67. The van der Waals surface area contributed by atoms with E-state index in [2.05, 4.69) is 4.98 Å². The third-order valence-corrected chi connectivity index (χ3v) is 6.26. The second kappa shape index (κ2) is 7.03. The predicted molar refractivity (Wildman–Crippen MR) is 93.7 cm³/mol. The lowest BCUT2D eigenvalue weighted by Crippen LogP contribution is -2.43. The van der Waals surface area contributed by atoms with Gasteiger partial charge in [-0.15, -0.1) is 11.3 Å². The summed E-state index contributed by atoms with van der Waals surface area (Å²) in [5, 5.41) is 0.590. The molecular weight excluding hydrogens is 381 g/mol. The highest BCUT2D eigenvalue weighted by atomic mass is 32.1. The molecule has 0 saturated carbocycles. The van der Waals surface area contributed by atoms with Gasteiger partial charge in [-0.3, -0.25) is 4.79 Å². The molecule has 27 heavy (non-hydrogen) atoms. The molecule has 0 radical (unpaired) electrons. The van der Waals surface area contributed by atoms with E-state index in [1.54, 1.807) is 11.8 Å². The number of alkyl halides is 3. The molecule has 5 nitrogen and oxygen atoms in total. The molecule has 0 N–H and O–H groups in total. The molecule has 2 aliphatic rings. The fraction of sp³-hybridized carbons (Fsp3) is 0.556. The Morgan fingerprint density at radius 1 is 1.30 bits per heavy atom. The number of fused-ring (bicyclic) bond motifs is 1. The molecule has 4 rings (SSSR count). The Hall–Kier alpha value is -1.71. The van der Waals surface area contributed by atoms with Crippen molar-refractivity contribution in [3.05, 3.63) is 28.3 Å². The largest absolute Gasteiger partial charge is 0.433 e. The van der Waals surface area contributed by atoms with Crippen LogP contribution >= 0.6 is 11.3 Å². The summed E-state index contributed by atoms with van der Waals surface area (Å²) < 4.78 is 49.9. The Labute approximate surface area is 158 Å². The van der Waals surface area contributed by atoms with Gasteiger partial charge in [-0.25, -0.2) is 4.98 Å². The highest BCUT2D eigenvalue weighted by Crippen LogP contribution is 2.35. The molecular formula is C18H19F3N2O3S. The van der Waals surface area contributed by atoms with Gasteiger partial charge in [0.05, 0.1) is 18.1 Å². The molecule has 0 aromatic carbocycles. The van der Waals surface area contributed by atoms with Crippen LogP contribution in [0.15, 0.2) is 12.1 Å². The Bertz CT molecular complexity index is 861. The molecule has 146 valence electrons. The normalized spacial score (nSPS) is 21.9. The summed E-state index contributed by atoms with van der Waals surface area (Å²) in [6.07, 6.45) is -3.01. The number of likely N-dealkylation sites (tertiary alicyclic amines) is 1. The first-order valence-electron chi connectivity index (χ1n) is 8.84. The zero-order valence-corrected chi connectivity index (χ0v) is 15.5. The number of piperidine rings is 1. The van der Waals surface area contributed by atoms with E-state index in [1.807, 2.05) is 0 Å². The number of nitrogens with zero attached hydrogens (tertiary/aromatic N) is 2. The lowest BCUT2D eigenvalue weighted by molar-refractivity contribution is -0.140. The smallest absolute Gasteiger partial charge is 0.350 e. The molecule has 0 spiro atoms. The quantitative estimate of drug-likeness (QED) is 0.769.